The molecule has 2 aromatic rings. The SMILES string of the molecule is CN1CCN(C(=O)c2ccc(Nc3ncc(Br)c(N[C@H]4CCC[C@@H]4C(=O)O)n3)cc2)CC1. The number of halogens is 1. The first-order valence-corrected chi connectivity index (χ1v) is 11.6. The molecule has 1 aliphatic heterocycles. The number of carboxylic acid groups (broad SMARTS) is 1. The molecule has 0 unspecified atom stereocenters. The minimum atomic E-state index is -0.783. The van der Waals surface area contributed by atoms with Crippen molar-refractivity contribution in [2.24, 2.45) is 5.92 Å². The number of piperazine rings is 1. The first-order chi connectivity index (χ1) is 15.4. The monoisotopic (exact) mass is 502 g/mol. The van der Waals surface area contributed by atoms with Gasteiger partial charge in [-0.2, -0.15) is 4.98 Å². The third kappa shape index (κ3) is 5.18. The maximum absolute atomic E-state index is 12.7. The van der Waals surface area contributed by atoms with E-state index >= 15 is 0 Å². The van der Waals surface area contributed by atoms with Gasteiger partial charge < -0.3 is 25.5 Å². The van der Waals surface area contributed by atoms with Gasteiger partial charge in [-0.3, -0.25) is 9.59 Å². The highest BCUT2D eigenvalue weighted by molar-refractivity contribution is 9.10. The van der Waals surface area contributed by atoms with Gasteiger partial charge in [0.05, 0.1) is 10.4 Å². The summed E-state index contributed by atoms with van der Waals surface area (Å²) in [6.45, 7) is 3.25. The summed E-state index contributed by atoms with van der Waals surface area (Å²) in [7, 11) is 2.06. The van der Waals surface area contributed by atoms with Crippen LogP contribution in [0.15, 0.2) is 34.9 Å². The molecule has 1 aromatic carbocycles. The zero-order valence-electron chi connectivity index (χ0n) is 17.9. The van der Waals surface area contributed by atoms with E-state index < -0.39 is 11.9 Å². The van der Waals surface area contributed by atoms with Crippen molar-refractivity contribution in [3.63, 3.8) is 0 Å². The smallest absolute Gasteiger partial charge is 0.308 e. The summed E-state index contributed by atoms with van der Waals surface area (Å²) in [5, 5.41) is 15.8. The van der Waals surface area contributed by atoms with Crippen LogP contribution in [0.3, 0.4) is 0 Å². The second kappa shape index (κ2) is 9.83. The number of likely N-dealkylation sites (N-methyl/N-ethyl adjacent to an activating group) is 1. The van der Waals surface area contributed by atoms with Crippen LogP contribution in [0, 0.1) is 5.92 Å². The molecule has 2 fully saturated rings. The zero-order valence-corrected chi connectivity index (χ0v) is 19.5. The number of anilines is 3. The van der Waals surface area contributed by atoms with Gasteiger partial charge in [-0.05, 0) is 60.1 Å². The lowest BCUT2D eigenvalue weighted by Gasteiger charge is -2.32. The van der Waals surface area contributed by atoms with Crippen molar-refractivity contribution in [1.82, 2.24) is 19.8 Å². The number of aromatic nitrogens is 2. The Balaban J connectivity index is 1.41. The Kier molecular flexibility index (Phi) is 6.90. The number of hydrogen-bond acceptors (Lipinski definition) is 7. The van der Waals surface area contributed by atoms with Crippen LogP contribution in [0.5, 0.6) is 0 Å². The molecule has 9 nitrogen and oxygen atoms in total. The van der Waals surface area contributed by atoms with E-state index in [-0.39, 0.29) is 11.9 Å². The van der Waals surface area contributed by atoms with Crippen LogP contribution in [0.1, 0.15) is 29.6 Å². The van der Waals surface area contributed by atoms with Crippen molar-refractivity contribution >= 4 is 45.3 Å². The summed E-state index contributed by atoms with van der Waals surface area (Å²) in [6, 6.07) is 7.11. The summed E-state index contributed by atoms with van der Waals surface area (Å²) in [6.07, 6.45) is 3.97. The van der Waals surface area contributed by atoms with Gasteiger partial charge in [0.15, 0.2) is 0 Å². The molecule has 1 saturated carbocycles. The molecule has 170 valence electrons. The van der Waals surface area contributed by atoms with Crippen molar-refractivity contribution in [3.05, 3.63) is 40.5 Å². The van der Waals surface area contributed by atoms with E-state index in [1.54, 1.807) is 18.3 Å². The number of rotatable bonds is 6. The van der Waals surface area contributed by atoms with Crippen LogP contribution in [-0.2, 0) is 4.79 Å². The van der Waals surface area contributed by atoms with Gasteiger partial charge in [-0.1, -0.05) is 6.42 Å². The first kappa shape index (κ1) is 22.5. The van der Waals surface area contributed by atoms with Gasteiger partial charge in [0.1, 0.15) is 5.82 Å². The van der Waals surface area contributed by atoms with E-state index in [2.05, 4.69) is 48.5 Å². The van der Waals surface area contributed by atoms with Crippen LogP contribution in [0.25, 0.3) is 0 Å². The fourth-order valence-electron chi connectivity index (χ4n) is 4.15. The van der Waals surface area contributed by atoms with Crippen LogP contribution in [0.4, 0.5) is 17.5 Å². The lowest BCUT2D eigenvalue weighted by atomic mass is 10.0. The largest absolute Gasteiger partial charge is 0.481 e. The van der Waals surface area contributed by atoms with Crippen LogP contribution >= 0.6 is 15.9 Å². The van der Waals surface area contributed by atoms with Crippen LogP contribution in [0.2, 0.25) is 0 Å². The topological polar surface area (TPSA) is 111 Å². The van der Waals surface area contributed by atoms with Crippen LogP contribution < -0.4 is 10.6 Å². The average Bonchev–Trinajstić information content (AvgIpc) is 3.25. The Labute approximate surface area is 195 Å². The molecule has 1 saturated heterocycles. The second-order valence-corrected chi connectivity index (χ2v) is 9.17. The lowest BCUT2D eigenvalue weighted by Crippen LogP contribution is -2.47. The van der Waals surface area contributed by atoms with E-state index in [4.69, 9.17) is 0 Å². The van der Waals surface area contributed by atoms with Crippen molar-refractivity contribution in [2.75, 3.05) is 43.9 Å². The minimum absolute atomic E-state index is 0.0422. The first-order valence-electron chi connectivity index (χ1n) is 10.8. The third-order valence-corrected chi connectivity index (χ3v) is 6.66. The maximum atomic E-state index is 12.7. The molecule has 10 heteroatoms. The fraction of sp³-hybridized carbons (Fsp3) is 0.455. The fourth-order valence-corrected chi connectivity index (χ4v) is 4.46. The third-order valence-electron chi connectivity index (χ3n) is 6.08. The van der Waals surface area contributed by atoms with E-state index in [1.165, 1.54) is 0 Å². The highest BCUT2D eigenvalue weighted by atomic mass is 79.9. The molecule has 1 aliphatic carbocycles. The minimum Gasteiger partial charge on any atom is -0.481 e. The van der Waals surface area contributed by atoms with Gasteiger partial charge in [-0.25, -0.2) is 4.98 Å². The zero-order chi connectivity index (χ0) is 22.7. The summed E-state index contributed by atoms with van der Waals surface area (Å²) in [5.41, 5.74) is 1.41. The molecule has 0 bridgehead atoms. The number of carboxylic acids is 1. The number of nitrogens with zero attached hydrogens (tertiary/aromatic N) is 4. The van der Waals surface area contributed by atoms with Crippen molar-refractivity contribution in [3.8, 4) is 0 Å². The van der Waals surface area contributed by atoms with Gasteiger partial charge in [0.2, 0.25) is 5.95 Å². The Morgan fingerprint density at radius 3 is 2.53 bits per heavy atom. The van der Waals surface area contributed by atoms with E-state index in [0.717, 1.165) is 44.7 Å². The molecular weight excluding hydrogens is 476 g/mol. The highest BCUT2D eigenvalue weighted by Crippen LogP contribution is 2.31. The summed E-state index contributed by atoms with van der Waals surface area (Å²) in [5.74, 6) is -0.213. The maximum Gasteiger partial charge on any atom is 0.308 e. The number of carbonyl (C=O) groups excluding carboxylic acids is 1. The summed E-state index contributed by atoms with van der Waals surface area (Å²) in [4.78, 5) is 37.1. The molecule has 0 spiro atoms. The van der Waals surface area contributed by atoms with Crippen molar-refractivity contribution in [2.45, 2.75) is 25.3 Å². The van der Waals surface area contributed by atoms with Crippen molar-refractivity contribution < 1.29 is 14.7 Å². The normalized spacial score (nSPS) is 21.4. The molecule has 2 aliphatic rings. The van der Waals surface area contributed by atoms with Crippen molar-refractivity contribution in [1.29, 1.82) is 0 Å². The predicted molar refractivity (Wildman–Crippen MR) is 125 cm³/mol. The Morgan fingerprint density at radius 1 is 1.12 bits per heavy atom. The van der Waals surface area contributed by atoms with E-state index in [9.17, 15) is 14.7 Å². The molecule has 3 N–H and O–H groups in total. The molecule has 1 aromatic heterocycles. The molecule has 0 radical (unpaired) electrons. The number of hydrogen-bond donors (Lipinski definition) is 3. The van der Waals surface area contributed by atoms with Gasteiger partial charge in [-0.15, -0.1) is 0 Å². The van der Waals surface area contributed by atoms with Gasteiger partial charge >= 0.3 is 5.97 Å². The van der Waals surface area contributed by atoms with Gasteiger partial charge in [0, 0.05) is 49.7 Å². The number of aliphatic carboxylic acids is 1. The Hall–Kier alpha value is -2.72. The lowest BCUT2D eigenvalue weighted by molar-refractivity contribution is -0.141. The number of carbonyl (C=O) groups is 2. The summed E-state index contributed by atoms with van der Waals surface area (Å²) >= 11 is 3.44. The summed E-state index contributed by atoms with van der Waals surface area (Å²) < 4.78 is 0.673. The number of nitrogens with one attached hydrogen (secondary N) is 2. The number of benzene rings is 1. The van der Waals surface area contributed by atoms with Crippen LogP contribution in [-0.4, -0.2) is 76.0 Å². The van der Waals surface area contributed by atoms with E-state index in [1.807, 2.05) is 17.0 Å². The second-order valence-electron chi connectivity index (χ2n) is 8.31. The molecule has 2 atom stereocenters. The number of amides is 1. The average molecular weight is 503 g/mol. The highest BCUT2D eigenvalue weighted by Gasteiger charge is 2.33. The molecule has 2 heterocycles. The van der Waals surface area contributed by atoms with E-state index in [0.29, 0.717) is 28.2 Å². The molecule has 4 rings (SSSR count). The molecule has 32 heavy (non-hydrogen) atoms. The standard InChI is InChI=1S/C22H27BrN6O3/c1-28-9-11-29(12-10-28)20(30)14-5-7-15(8-6-14)25-22-24-13-17(23)19(27-22)26-18-4-2-3-16(18)21(31)32/h5-8,13,16,18H,2-4,9-12H2,1H3,(H,31,32)(H2,24,25,26,27)/t16-,18-/m0/s1. The molecule has 1 amide bonds. The van der Waals surface area contributed by atoms with Gasteiger partial charge in [0.25, 0.3) is 5.91 Å². The predicted octanol–water partition coefficient (Wildman–Crippen LogP) is 3.04. The quantitative estimate of drug-likeness (QED) is 0.552. The Bertz CT molecular complexity index is 978. The Morgan fingerprint density at radius 2 is 1.84 bits per heavy atom. The molecular formula is C22H27BrN6O3.